The summed E-state index contributed by atoms with van der Waals surface area (Å²) in [6.07, 6.45) is 4.47. The van der Waals surface area contributed by atoms with Gasteiger partial charge in [0.25, 0.3) is 0 Å². The second-order valence-corrected chi connectivity index (χ2v) is 5.40. The highest BCUT2D eigenvalue weighted by Crippen LogP contribution is 2.26. The molecule has 0 aliphatic rings. The number of nitrogens with one attached hydrogen (secondary N) is 1. The van der Waals surface area contributed by atoms with E-state index in [0.29, 0.717) is 0 Å². The molecule has 1 aromatic heterocycles. The summed E-state index contributed by atoms with van der Waals surface area (Å²) in [4.78, 5) is 4.62. The van der Waals surface area contributed by atoms with E-state index in [4.69, 9.17) is 0 Å². The van der Waals surface area contributed by atoms with Gasteiger partial charge >= 0.3 is 0 Å². The van der Waals surface area contributed by atoms with Gasteiger partial charge in [0.1, 0.15) is 0 Å². The first-order valence-electron chi connectivity index (χ1n) is 7.56. The minimum atomic E-state index is 0.928. The molecule has 2 aromatic carbocycles. The molecule has 3 aromatic rings. The molecule has 21 heavy (non-hydrogen) atoms. The molecule has 0 radical (unpaired) electrons. The zero-order valence-corrected chi connectivity index (χ0v) is 12.6. The quantitative estimate of drug-likeness (QED) is 0.720. The van der Waals surface area contributed by atoms with E-state index in [1.807, 2.05) is 6.92 Å². The van der Waals surface area contributed by atoms with Crippen LogP contribution in [0.25, 0.3) is 10.8 Å². The minimum Gasteiger partial charge on any atom is -0.325 e. The molecule has 3 rings (SSSR count). The smallest absolute Gasteiger partial charge is 0.207 e. The lowest BCUT2D eigenvalue weighted by Crippen LogP contribution is -2.03. The first-order chi connectivity index (χ1) is 10.3. The van der Waals surface area contributed by atoms with Crippen molar-refractivity contribution < 1.29 is 0 Å². The van der Waals surface area contributed by atoms with Crippen LogP contribution in [0.5, 0.6) is 0 Å². The molecule has 0 unspecified atom stereocenters. The van der Waals surface area contributed by atoms with E-state index in [1.165, 1.54) is 23.6 Å². The van der Waals surface area contributed by atoms with Crippen LogP contribution >= 0.6 is 0 Å². The number of anilines is 2. The second-order valence-electron chi connectivity index (χ2n) is 5.40. The molecule has 0 atom stereocenters. The molecule has 108 valence electrons. The SMILES string of the molecule is CCCCn1cc(C)nc1Nc1cccc2ccccc12. The van der Waals surface area contributed by atoms with Crippen molar-refractivity contribution in [3.8, 4) is 0 Å². The highest BCUT2D eigenvalue weighted by Gasteiger charge is 2.07. The topological polar surface area (TPSA) is 29.9 Å². The number of aromatic nitrogens is 2. The summed E-state index contributed by atoms with van der Waals surface area (Å²) in [6.45, 7) is 5.25. The van der Waals surface area contributed by atoms with Crippen LogP contribution < -0.4 is 5.32 Å². The van der Waals surface area contributed by atoms with Crippen LogP contribution in [0.15, 0.2) is 48.7 Å². The predicted octanol–water partition coefficient (Wildman–Crippen LogP) is 4.89. The van der Waals surface area contributed by atoms with E-state index in [0.717, 1.165) is 23.9 Å². The number of benzene rings is 2. The Bertz CT molecular complexity index is 738. The van der Waals surface area contributed by atoms with Gasteiger partial charge in [0.05, 0.1) is 5.69 Å². The van der Waals surface area contributed by atoms with Crippen molar-refractivity contribution in [2.75, 3.05) is 5.32 Å². The maximum Gasteiger partial charge on any atom is 0.207 e. The van der Waals surface area contributed by atoms with E-state index < -0.39 is 0 Å². The van der Waals surface area contributed by atoms with Gasteiger partial charge < -0.3 is 9.88 Å². The van der Waals surface area contributed by atoms with Gasteiger partial charge in [0, 0.05) is 23.8 Å². The molecule has 0 amide bonds. The fourth-order valence-corrected chi connectivity index (χ4v) is 2.60. The van der Waals surface area contributed by atoms with Crippen molar-refractivity contribution in [2.24, 2.45) is 0 Å². The van der Waals surface area contributed by atoms with Gasteiger partial charge in [0.2, 0.25) is 5.95 Å². The third-order valence-electron chi connectivity index (χ3n) is 3.69. The van der Waals surface area contributed by atoms with Gasteiger partial charge in [-0.05, 0) is 24.8 Å². The number of aryl methyl sites for hydroxylation is 2. The van der Waals surface area contributed by atoms with Crippen molar-refractivity contribution in [3.05, 3.63) is 54.4 Å². The molecule has 0 saturated carbocycles. The Labute approximate surface area is 125 Å². The van der Waals surface area contributed by atoms with Gasteiger partial charge in [-0.3, -0.25) is 0 Å². The van der Waals surface area contributed by atoms with Gasteiger partial charge in [-0.25, -0.2) is 4.98 Å². The largest absolute Gasteiger partial charge is 0.325 e. The summed E-state index contributed by atoms with van der Waals surface area (Å²) in [6, 6.07) is 14.7. The molecule has 3 heteroatoms. The Morgan fingerprint density at radius 1 is 1.10 bits per heavy atom. The molecule has 0 saturated heterocycles. The molecular formula is C18H21N3. The second kappa shape index (κ2) is 6.00. The average molecular weight is 279 g/mol. The summed E-state index contributed by atoms with van der Waals surface area (Å²) in [5.74, 6) is 0.928. The highest BCUT2D eigenvalue weighted by molar-refractivity contribution is 5.94. The van der Waals surface area contributed by atoms with Crippen LogP contribution in [0.1, 0.15) is 25.5 Å². The standard InChI is InChI=1S/C18H21N3/c1-3-4-12-21-13-14(2)19-18(21)20-17-11-7-9-15-8-5-6-10-16(15)17/h5-11,13H,3-4,12H2,1-2H3,(H,19,20). The van der Waals surface area contributed by atoms with Crippen molar-refractivity contribution in [3.63, 3.8) is 0 Å². The molecule has 0 aliphatic carbocycles. The first-order valence-corrected chi connectivity index (χ1v) is 7.56. The van der Waals surface area contributed by atoms with Gasteiger partial charge in [-0.15, -0.1) is 0 Å². The van der Waals surface area contributed by atoms with Crippen LogP contribution in [0.2, 0.25) is 0 Å². The molecule has 0 fully saturated rings. The van der Waals surface area contributed by atoms with E-state index in [9.17, 15) is 0 Å². The van der Waals surface area contributed by atoms with Gasteiger partial charge in [-0.1, -0.05) is 49.7 Å². The third-order valence-corrected chi connectivity index (χ3v) is 3.69. The lowest BCUT2D eigenvalue weighted by Gasteiger charge is -2.11. The van der Waals surface area contributed by atoms with Crippen LogP contribution in [-0.2, 0) is 6.54 Å². The zero-order valence-electron chi connectivity index (χ0n) is 12.6. The van der Waals surface area contributed by atoms with Crippen LogP contribution in [0.3, 0.4) is 0 Å². The number of rotatable bonds is 5. The van der Waals surface area contributed by atoms with Crippen molar-refractivity contribution in [1.29, 1.82) is 0 Å². The molecule has 1 N–H and O–H groups in total. The minimum absolute atomic E-state index is 0.928. The summed E-state index contributed by atoms with van der Waals surface area (Å²) in [7, 11) is 0. The maximum absolute atomic E-state index is 4.62. The summed E-state index contributed by atoms with van der Waals surface area (Å²) < 4.78 is 2.21. The fourth-order valence-electron chi connectivity index (χ4n) is 2.60. The summed E-state index contributed by atoms with van der Waals surface area (Å²) in [5.41, 5.74) is 2.16. The monoisotopic (exact) mass is 279 g/mol. The Balaban J connectivity index is 1.95. The Morgan fingerprint density at radius 2 is 1.90 bits per heavy atom. The number of nitrogens with zero attached hydrogens (tertiary/aromatic N) is 2. The van der Waals surface area contributed by atoms with Crippen molar-refractivity contribution >= 4 is 22.4 Å². The Morgan fingerprint density at radius 3 is 2.76 bits per heavy atom. The van der Waals surface area contributed by atoms with E-state index in [1.54, 1.807) is 0 Å². The zero-order chi connectivity index (χ0) is 14.7. The number of unbranched alkanes of at least 4 members (excludes halogenated alkanes) is 1. The number of imidazole rings is 1. The van der Waals surface area contributed by atoms with Crippen LogP contribution in [0, 0.1) is 6.92 Å². The Kier molecular flexibility index (Phi) is 3.91. The predicted molar refractivity (Wildman–Crippen MR) is 89.1 cm³/mol. The molecule has 3 nitrogen and oxygen atoms in total. The van der Waals surface area contributed by atoms with E-state index in [-0.39, 0.29) is 0 Å². The number of hydrogen-bond acceptors (Lipinski definition) is 2. The van der Waals surface area contributed by atoms with Gasteiger partial charge in [0.15, 0.2) is 0 Å². The molecule has 1 heterocycles. The number of hydrogen-bond donors (Lipinski definition) is 1. The molecule has 0 bridgehead atoms. The first kappa shape index (κ1) is 13.7. The lowest BCUT2D eigenvalue weighted by molar-refractivity contribution is 0.637. The molecule has 0 aliphatic heterocycles. The maximum atomic E-state index is 4.62. The summed E-state index contributed by atoms with van der Waals surface area (Å²) in [5, 5.41) is 5.96. The average Bonchev–Trinajstić information content (AvgIpc) is 2.85. The Hall–Kier alpha value is -2.29. The molecular weight excluding hydrogens is 258 g/mol. The van der Waals surface area contributed by atoms with Crippen molar-refractivity contribution in [1.82, 2.24) is 9.55 Å². The summed E-state index contributed by atoms with van der Waals surface area (Å²) >= 11 is 0. The van der Waals surface area contributed by atoms with E-state index >= 15 is 0 Å². The third kappa shape index (κ3) is 2.92. The normalized spacial score (nSPS) is 11.0. The van der Waals surface area contributed by atoms with Gasteiger partial charge in [-0.2, -0.15) is 0 Å². The lowest BCUT2D eigenvalue weighted by atomic mass is 10.1. The van der Waals surface area contributed by atoms with Crippen molar-refractivity contribution in [2.45, 2.75) is 33.2 Å². The van der Waals surface area contributed by atoms with E-state index in [2.05, 4.69) is 70.5 Å². The van der Waals surface area contributed by atoms with Crippen LogP contribution in [-0.4, -0.2) is 9.55 Å². The van der Waals surface area contributed by atoms with Crippen LogP contribution in [0.4, 0.5) is 11.6 Å². The molecule has 0 spiro atoms. The highest BCUT2D eigenvalue weighted by atomic mass is 15.2. The number of fused-ring (bicyclic) bond motifs is 1. The fraction of sp³-hybridized carbons (Fsp3) is 0.278.